The Morgan fingerprint density at radius 1 is 0.833 bits per heavy atom. The van der Waals surface area contributed by atoms with Gasteiger partial charge in [-0.15, -0.1) is 0 Å². The van der Waals surface area contributed by atoms with E-state index in [-0.39, 0.29) is 28.9 Å². The fourth-order valence-electron chi connectivity index (χ4n) is 2.76. The third kappa shape index (κ3) is 16.9. The number of hydrogen-bond donors (Lipinski definition) is 2. The minimum absolute atomic E-state index is 0.108. The van der Waals surface area contributed by atoms with E-state index in [4.69, 9.17) is 22.4 Å². The summed E-state index contributed by atoms with van der Waals surface area (Å²) >= 11 is 19.4. The molecule has 0 atom stereocenters. The maximum Gasteiger partial charge on any atom is 0.339 e. The van der Waals surface area contributed by atoms with Crippen LogP contribution in [0, 0.1) is 17.5 Å². The minimum atomic E-state index is -3.22. The molecular formula is C26H22Cl4F3N6O8P. The second kappa shape index (κ2) is 20.1. The Kier molecular flexibility index (Phi) is 17.4. The Hall–Kier alpha value is -4.41. The summed E-state index contributed by atoms with van der Waals surface area (Å²) < 4.78 is 57.3. The van der Waals surface area contributed by atoms with E-state index < -0.39 is 39.9 Å². The van der Waals surface area contributed by atoms with Crippen molar-refractivity contribution in [3.63, 3.8) is 0 Å². The van der Waals surface area contributed by atoms with Crippen LogP contribution in [0.15, 0.2) is 76.7 Å². The van der Waals surface area contributed by atoms with Gasteiger partial charge >= 0.3 is 17.1 Å². The number of anilines is 1. The number of aromatic nitrogens is 5. The molecular weight excluding hydrogens is 754 g/mol. The van der Waals surface area contributed by atoms with Crippen molar-refractivity contribution in [1.29, 1.82) is 0 Å². The zero-order valence-corrected chi connectivity index (χ0v) is 28.2. The normalized spacial score (nSPS) is 10.0. The highest BCUT2D eigenvalue weighted by Gasteiger charge is 2.07. The Morgan fingerprint density at radius 2 is 1.27 bits per heavy atom. The fraction of sp³-hybridized carbons (Fsp3) is 0.115. The van der Waals surface area contributed by atoms with Crippen molar-refractivity contribution in [1.82, 2.24) is 23.8 Å². The highest BCUT2D eigenvalue weighted by atomic mass is 36.0. The molecule has 5 heterocycles. The van der Waals surface area contributed by atoms with Gasteiger partial charge in [0.25, 0.3) is 11.1 Å². The van der Waals surface area contributed by atoms with Crippen molar-refractivity contribution in [2.75, 3.05) is 20.0 Å². The van der Waals surface area contributed by atoms with Crippen LogP contribution in [0.2, 0.25) is 5.15 Å². The maximum atomic E-state index is 12.7. The number of nitrogens with zero attached hydrogens (tertiary/aromatic N) is 5. The van der Waals surface area contributed by atoms with Crippen LogP contribution in [0.5, 0.6) is 5.88 Å². The van der Waals surface area contributed by atoms with Gasteiger partial charge in [0.2, 0.25) is 5.88 Å². The molecule has 0 saturated carbocycles. The van der Waals surface area contributed by atoms with Crippen molar-refractivity contribution in [2.45, 2.75) is 6.42 Å². The number of rotatable bonds is 2. The van der Waals surface area contributed by atoms with Gasteiger partial charge < -0.3 is 20.3 Å². The van der Waals surface area contributed by atoms with Crippen molar-refractivity contribution in [3.8, 4) is 5.88 Å². The highest BCUT2D eigenvalue weighted by Crippen LogP contribution is 2.61. The number of carbonyl (C=O) groups is 2. The number of nitrogens with two attached hydrogens (primary N) is 1. The van der Waals surface area contributed by atoms with Crippen molar-refractivity contribution in [3.05, 3.63) is 110 Å². The number of methoxy groups -OCH3 is 2. The van der Waals surface area contributed by atoms with Gasteiger partial charge in [-0.25, -0.2) is 23.1 Å². The molecule has 5 rings (SSSR count). The van der Waals surface area contributed by atoms with E-state index in [9.17, 15) is 36.9 Å². The number of carbonyl (C=O) groups excluding carboxylic acids is 2. The van der Waals surface area contributed by atoms with Crippen LogP contribution in [0.3, 0.4) is 0 Å². The molecule has 14 nitrogen and oxygen atoms in total. The molecule has 3 N–H and O–H groups in total. The largest absolute Gasteiger partial charge is 0.493 e. The zero-order chi connectivity index (χ0) is 36.6. The standard InChI is InChI=1S/C8H4ClFN2O.C8H5FN2O2.C5H5FN2.C5H8O4.Cl3OP/c9-6-3-8(13)12-4-5(10)1-2-7(12)11-6;9-5-1-2-6-10-7(12)3-8(13)11(6)4-5;6-4-1-2-5(7)8-3-4;1-8-4(6)3-5(7)9-2;1-5(2,3)4/h1-4H;1-4,12H;1-3H,(H2,7,8);3H2,1-2H3;. The third-order valence-corrected chi connectivity index (χ3v) is 4.89. The molecule has 0 spiro atoms. The lowest BCUT2D eigenvalue weighted by Crippen LogP contribution is -2.13. The highest BCUT2D eigenvalue weighted by molar-refractivity contribution is 8.24. The van der Waals surface area contributed by atoms with E-state index in [0.717, 1.165) is 39.5 Å². The number of halogens is 7. The van der Waals surface area contributed by atoms with E-state index in [1.807, 2.05) is 0 Å². The summed E-state index contributed by atoms with van der Waals surface area (Å²) in [4.78, 5) is 53.8. The van der Waals surface area contributed by atoms with E-state index in [0.29, 0.717) is 11.5 Å². The monoisotopic (exact) mass is 774 g/mol. The van der Waals surface area contributed by atoms with Crippen LogP contribution >= 0.6 is 50.5 Å². The van der Waals surface area contributed by atoms with E-state index in [1.54, 1.807) is 0 Å². The van der Waals surface area contributed by atoms with Crippen LogP contribution in [-0.4, -0.2) is 55.0 Å². The first-order chi connectivity index (χ1) is 22.3. The van der Waals surface area contributed by atoms with Crippen LogP contribution in [0.4, 0.5) is 19.0 Å². The van der Waals surface area contributed by atoms with Gasteiger partial charge in [-0.2, -0.15) is 4.98 Å². The Bertz CT molecular complexity index is 1880. The summed E-state index contributed by atoms with van der Waals surface area (Å²) in [5.74, 6) is -2.56. The summed E-state index contributed by atoms with van der Waals surface area (Å²) in [6, 6.07) is 9.83. The molecule has 0 aromatic carbocycles. The van der Waals surface area contributed by atoms with Gasteiger partial charge in [0.15, 0.2) is 0 Å². The van der Waals surface area contributed by atoms with E-state index in [2.05, 4.69) is 58.1 Å². The molecule has 0 fully saturated rings. The molecule has 0 radical (unpaired) electrons. The fourth-order valence-corrected chi connectivity index (χ4v) is 2.94. The predicted octanol–water partition coefficient (Wildman–Crippen LogP) is 5.36. The average Bonchev–Trinajstić information content (AvgIpc) is 2.99. The summed E-state index contributed by atoms with van der Waals surface area (Å²) in [7, 11) is 2.43. The molecule has 0 amide bonds. The van der Waals surface area contributed by atoms with Crippen LogP contribution in [0.25, 0.3) is 11.3 Å². The molecule has 0 aliphatic carbocycles. The SMILES string of the molecule is COC(=O)CC(=O)OC.Nc1ccc(F)cn1.O=P(Cl)(Cl)Cl.O=c1cc(Cl)nc2ccc(F)cn12.O=c1cc(O)nc2ccc(F)cn12. The number of esters is 2. The van der Waals surface area contributed by atoms with Crippen LogP contribution in [-0.2, 0) is 23.6 Å². The molecule has 22 heteroatoms. The number of ether oxygens (including phenoxy) is 2. The molecule has 5 aromatic rings. The lowest BCUT2D eigenvalue weighted by atomic mass is 10.4. The van der Waals surface area contributed by atoms with Crippen molar-refractivity contribution >= 4 is 79.6 Å². The smallest absolute Gasteiger partial charge is 0.339 e. The summed E-state index contributed by atoms with van der Waals surface area (Å²) in [5.41, 5.74) is 4.79. The van der Waals surface area contributed by atoms with Crippen molar-refractivity contribution < 1.29 is 41.9 Å². The first-order valence-electron chi connectivity index (χ1n) is 12.2. The predicted molar refractivity (Wildman–Crippen MR) is 172 cm³/mol. The average molecular weight is 776 g/mol. The van der Waals surface area contributed by atoms with Crippen molar-refractivity contribution in [2.24, 2.45) is 0 Å². The third-order valence-electron chi connectivity index (χ3n) is 4.70. The molecule has 5 aromatic heterocycles. The molecule has 0 saturated heterocycles. The minimum Gasteiger partial charge on any atom is -0.493 e. The number of fused-ring (bicyclic) bond motifs is 2. The Morgan fingerprint density at radius 3 is 1.69 bits per heavy atom. The van der Waals surface area contributed by atoms with Gasteiger partial charge in [0, 0.05) is 18.5 Å². The molecule has 258 valence electrons. The Labute approximate surface area is 287 Å². The number of aromatic hydroxyl groups is 1. The molecule has 0 bridgehead atoms. The first-order valence-corrected chi connectivity index (χ1v) is 17.0. The molecule has 0 aliphatic rings. The summed E-state index contributed by atoms with van der Waals surface area (Å²) in [5, 5.41) is 5.85. The Balaban J connectivity index is 0.000000312. The summed E-state index contributed by atoms with van der Waals surface area (Å²) in [6.07, 6.45) is 2.85. The number of pyridine rings is 3. The first kappa shape index (κ1) is 41.6. The van der Waals surface area contributed by atoms with Gasteiger partial charge in [-0.1, -0.05) is 11.6 Å². The number of nitrogen functional groups attached to an aromatic ring is 1. The van der Waals surface area contributed by atoms with Gasteiger partial charge in [-0.05, 0) is 70.1 Å². The second-order valence-electron chi connectivity index (χ2n) is 8.15. The second-order valence-corrected chi connectivity index (χ2v) is 15.2. The lowest BCUT2D eigenvalue weighted by Gasteiger charge is -1.98. The number of hydrogen-bond acceptors (Lipinski definition) is 12. The van der Waals surface area contributed by atoms with Gasteiger partial charge in [-0.3, -0.25) is 32.5 Å². The van der Waals surface area contributed by atoms with Gasteiger partial charge in [0.05, 0.1) is 26.5 Å². The van der Waals surface area contributed by atoms with E-state index in [1.165, 1.54) is 50.6 Å². The maximum absolute atomic E-state index is 12.7. The van der Waals surface area contributed by atoms with E-state index >= 15 is 0 Å². The molecule has 0 aliphatic heterocycles. The van der Waals surface area contributed by atoms with Crippen LogP contribution < -0.4 is 16.9 Å². The topological polar surface area (TPSA) is 198 Å². The molecule has 48 heavy (non-hydrogen) atoms. The lowest BCUT2D eigenvalue weighted by molar-refractivity contribution is -0.151. The van der Waals surface area contributed by atoms with Gasteiger partial charge in [0.1, 0.15) is 46.1 Å². The molecule has 0 unspecified atom stereocenters. The quantitative estimate of drug-likeness (QED) is 0.101. The zero-order valence-electron chi connectivity index (χ0n) is 24.3. The summed E-state index contributed by atoms with van der Waals surface area (Å²) in [6.45, 7) is 0. The van der Waals surface area contributed by atoms with Crippen LogP contribution in [0.1, 0.15) is 6.42 Å².